The molecule has 1 N–H and O–H groups in total. The monoisotopic (exact) mass is 542 g/mol. The normalized spacial score (nSPS) is 13.6. The summed E-state index contributed by atoms with van der Waals surface area (Å²) in [5, 5.41) is 3.20. The van der Waals surface area contributed by atoms with E-state index in [-0.39, 0.29) is 23.7 Å². The highest BCUT2D eigenvalue weighted by Crippen LogP contribution is 2.38. The standard InChI is InChI=1S/C27H30N2O6S2/c1-3-35-27(31)25-22-13-15-29(17-19-7-5-4-6-8-19)18-23(22)36-26(25)28-24(30)14-16-37(32,33)21-11-9-20(34-2)10-12-21/h4-12H,3,13-18H2,1-2H3,(H,28,30). The molecule has 8 nitrogen and oxygen atoms in total. The number of sulfone groups is 1. The fourth-order valence-electron chi connectivity index (χ4n) is 4.26. The summed E-state index contributed by atoms with van der Waals surface area (Å²) in [4.78, 5) is 29.0. The lowest BCUT2D eigenvalue weighted by Gasteiger charge is -2.27. The Bertz CT molecular complexity index is 1350. The number of amides is 1. The van der Waals surface area contributed by atoms with Gasteiger partial charge < -0.3 is 14.8 Å². The maximum Gasteiger partial charge on any atom is 0.341 e. The number of esters is 1. The zero-order valence-corrected chi connectivity index (χ0v) is 22.5. The summed E-state index contributed by atoms with van der Waals surface area (Å²) >= 11 is 1.35. The largest absolute Gasteiger partial charge is 0.497 e. The van der Waals surface area contributed by atoms with E-state index in [2.05, 4.69) is 22.3 Å². The summed E-state index contributed by atoms with van der Waals surface area (Å²) in [5.41, 5.74) is 2.49. The Morgan fingerprint density at radius 1 is 1.08 bits per heavy atom. The molecule has 2 heterocycles. The first-order valence-corrected chi connectivity index (χ1v) is 14.5. The van der Waals surface area contributed by atoms with Crippen LogP contribution < -0.4 is 10.1 Å². The van der Waals surface area contributed by atoms with Gasteiger partial charge >= 0.3 is 5.97 Å². The predicted octanol–water partition coefficient (Wildman–Crippen LogP) is 4.29. The lowest BCUT2D eigenvalue weighted by Crippen LogP contribution is -2.30. The number of anilines is 1. The van der Waals surface area contributed by atoms with Crippen LogP contribution in [0.15, 0.2) is 59.5 Å². The molecule has 0 saturated carbocycles. The number of ether oxygens (including phenoxy) is 2. The Labute approximate surface area is 221 Å². The van der Waals surface area contributed by atoms with Crippen molar-refractivity contribution in [1.82, 2.24) is 4.90 Å². The van der Waals surface area contributed by atoms with Crippen LogP contribution in [0.5, 0.6) is 5.75 Å². The van der Waals surface area contributed by atoms with Crippen LogP contribution in [0.25, 0.3) is 0 Å². The first-order valence-electron chi connectivity index (χ1n) is 12.0. The average molecular weight is 543 g/mol. The highest BCUT2D eigenvalue weighted by Gasteiger charge is 2.30. The molecular formula is C27H30N2O6S2. The molecule has 0 spiro atoms. The molecule has 1 amide bonds. The quantitative estimate of drug-likeness (QED) is 0.381. The highest BCUT2D eigenvalue weighted by atomic mass is 32.2. The van der Waals surface area contributed by atoms with Gasteiger partial charge in [-0.3, -0.25) is 9.69 Å². The Hall–Kier alpha value is -3.21. The van der Waals surface area contributed by atoms with Crippen LogP contribution in [0.4, 0.5) is 5.00 Å². The molecule has 0 unspecified atom stereocenters. The minimum atomic E-state index is -3.66. The lowest BCUT2D eigenvalue weighted by atomic mass is 10.0. The summed E-state index contributed by atoms with van der Waals surface area (Å²) in [7, 11) is -2.16. The van der Waals surface area contributed by atoms with E-state index in [1.807, 2.05) is 18.2 Å². The molecule has 0 saturated heterocycles. The molecule has 1 aromatic heterocycles. The number of hydrogen-bond donors (Lipinski definition) is 1. The number of carbonyl (C=O) groups is 2. The molecule has 0 bridgehead atoms. The molecule has 2 aromatic carbocycles. The molecule has 37 heavy (non-hydrogen) atoms. The van der Waals surface area contributed by atoms with Crippen LogP contribution in [0.3, 0.4) is 0 Å². The maximum atomic E-state index is 12.8. The van der Waals surface area contributed by atoms with E-state index >= 15 is 0 Å². The third-order valence-electron chi connectivity index (χ3n) is 6.13. The van der Waals surface area contributed by atoms with Gasteiger partial charge in [0.05, 0.1) is 29.9 Å². The van der Waals surface area contributed by atoms with Gasteiger partial charge in [-0.1, -0.05) is 30.3 Å². The van der Waals surface area contributed by atoms with Gasteiger partial charge in [0.25, 0.3) is 0 Å². The van der Waals surface area contributed by atoms with E-state index in [1.54, 1.807) is 19.1 Å². The second-order valence-electron chi connectivity index (χ2n) is 8.67. The maximum absolute atomic E-state index is 12.8. The molecule has 0 fully saturated rings. The Morgan fingerprint density at radius 3 is 2.49 bits per heavy atom. The van der Waals surface area contributed by atoms with Crippen molar-refractivity contribution in [3.8, 4) is 5.75 Å². The second-order valence-corrected chi connectivity index (χ2v) is 11.9. The fraction of sp³-hybridized carbons (Fsp3) is 0.333. The van der Waals surface area contributed by atoms with E-state index in [1.165, 1.54) is 36.1 Å². The number of nitrogens with zero attached hydrogens (tertiary/aromatic N) is 1. The van der Waals surface area contributed by atoms with Gasteiger partial charge in [-0.15, -0.1) is 11.3 Å². The van der Waals surface area contributed by atoms with Gasteiger partial charge in [0.2, 0.25) is 5.91 Å². The first-order chi connectivity index (χ1) is 17.8. The van der Waals surface area contributed by atoms with Crippen molar-refractivity contribution in [2.75, 3.05) is 31.3 Å². The highest BCUT2D eigenvalue weighted by molar-refractivity contribution is 7.91. The van der Waals surface area contributed by atoms with Crippen molar-refractivity contribution in [1.29, 1.82) is 0 Å². The molecule has 1 aliphatic rings. The van der Waals surface area contributed by atoms with Crippen molar-refractivity contribution < 1.29 is 27.5 Å². The Balaban J connectivity index is 1.47. The molecular weight excluding hydrogens is 512 g/mol. The second kappa shape index (κ2) is 11.9. The summed E-state index contributed by atoms with van der Waals surface area (Å²) in [6.07, 6.45) is 0.424. The van der Waals surface area contributed by atoms with E-state index < -0.39 is 21.7 Å². The van der Waals surface area contributed by atoms with Crippen LogP contribution in [-0.4, -0.2) is 51.2 Å². The van der Waals surface area contributed by atoms with Crippen molar-refractivity contribution in [2.24, 2.45) is 0 Å². The predicted molar refractivity (Wildman–Crippen MR) is 143 cm³/mol. The number of hydrogen-bond acceptors (Lipinski definition) is 8. The molecule has 0 aliphatic carbocycles. The number of nitrogens with one attached hydrogen (secondary N) is 1. The molecule has 3 aromatic rings. The van der Waals surface area contributed by atoms with E-state index in [9.17, 15) is 18.0 Å². The summed E-state index contributed by atoms with van der Waals surface area (Å²) in [6.45, 7) is 4.18. The number of fused-ring (bicyclic) bond motifs is 1. The smallest absolute Gasteiger partial charge is 0.341 e. The summed E-state index contributed by atoms with van der Waals surface area (Å²) in [6, 6.07) is 16.2. The molecule has 0 radical (unpaired) electrons. The number of thiophene rings is 1. The zero-order valence-electron chi connectivity index (χ0n) is 20.9. The van der Waals surface area contributed by atoms with Crippen LogP contribution in [0, 0.1) is 0 Å². The van der Waals surface area contributed by atoms with Crippen molar-refractivity contribution >= 4 is 38.1 Å². The van der Waals surface area contributed by atoms with Gasteiger partial charge in [-0.05, 0) is 48.7 Å². The Kier molecular flexibility index (Phi) is 8.63. The van der Waals surface area contributed by atoms with Gasteiger partial charge in [0.1, 0.15) is 10.8 Å². The Morgan fingerprint density at radius 2 is 1.81 bits per heavy atom. The third-order valence-corrected chi connectivity index (χ3v) is 9.00. The van der Waals surface area contributed by atoms with Gasteiger partial charge in [-0.2, -0.15) is 0 Å². The van der Waals surface area contributed by atoms with Crippen molar-refractivity contribution in [3.63, 3.8) is 0 Å². The first kappa shape index (κ1) is 26.8. The topological polar surface area (TPSA) is 102 Å². The molecule has 1 aliphatic heterocycles. The third kappa shape index (κ3) is 6.57. The van der Waals surface area contributed by atoms with Gasteiger partial charge in [0, 0.05) is 30.9 Å². The van der Waals surface area contributed by atoms with Gasteiger partial charge in [-0.25, -0.2) is 13.2 Å². The minimum Gasteiger partial charge on any atom is -0.497 e. The minimum absolute atomic E-state index is 0.124. The van der Waals surface area contributed by atoms with Crippen molar-refractivity contribution in [3.05, 3.63) is 76.2 Å². The molecule has 196 valence electrons. The van der Waals surface area contributed by atoms with Crippen molar-refractivity contribution in [2.45, 2.75) is 37.8 Å². The van der Waals surface area contributed by atoms with Crippen LogP contribution in [-0.2, 0) is 38.9 Å². The van der Waals surface area contributed by atoms with E-state index in [0.29, 0.717) is 29.3 Å². The number of benzene rings is 2. The number of carbonyl (C=O) groups excluding carboxylic acids is 2. The van der Waals surface area contributed by atoms with E-state index in [0.717, 1.165) is 23.5 Å². The van der Waals surface area contributed by atoms with Crippen LogP contribution >= 0.6 is 11.3 Å². The summed E-state index contributed by atoms with van der Waals surface area (Å²) < 4.78 is 35.7. The van der Waals surface area contributed by atoms with Gasteiger partial charge in [0.15, 0.2) is 9.84 Å². The van der Waals surface area contributed by atoms with Crippen LogP contribution in [0.2, 0.25) is 0 Å². The fourth-order valence-corrected chi connectivity index (χ4v) is 6.79. The number of methoxy groups -OCH3 is 1. The van der Waals surface area contributed by atoms with E-state index in [4.69, 9.17) is 9.47 Å². The number of rotatable bonds is 10. The molecule has 0 atom stereocenters. The lowest BCUT2D eigenvalue weighted by molar-refractivity contribution is -0.115. The zero-order chi connectivity index (χ0) is 26.4. The van der Waals surface area contributed by atoms with Crippen LogP contribution in [0.1, 0.15) is 39.7 Å². The average Bonchev–Trinajstić information content (AvgIpc) is 3.25. The summed E-state index contributed by atoms with van der Waals surface area (Å²) in [5.74, 6) is -0.747. The SMILES string of the molecule is CCOC(=O)c1c(NC(=O)CCS(=O)(=O)c2ccc(OC)cc2)sc2c1CCN(Cc1ccccc1)C2. The molecule has 10 heteroatoms. The molecule has 4 rings (SSSR count).